The second-order valence-corrected chi connectivity index (χ2v) is 7.24. The molecule has 1 aliphatic heterocycles. The highest BCUT2D eigenvalue weighted by Crippen LogP contribution is 2.27. The lowest BCUT2D eigenvalue weighted by molar-refractivity contribution is -0.126. The summed E-state index contributed by atoms with van der Waals surface area (Å²) in [4.78, 5) is 31.6. The highest BCUT2D eigenvalue weighted by Gasteiger charge is 2.35. The number of carbonyl (C=O) groups excluding carboxylic acids is 2. The van der Waals surface area contributed by atoms with Crippen LogP contribution in [0.1, 0.15) is 12.1 Å². The number of fused-ring (bicyclic) bond motifs is 1. The number of hydrogen-bond acceptors (Lipinski definition) is 4. The molecule has 2 amide bonds. The standard InChI is InChI=1S/C17H15ClN4O2S/c18-12-2-1-3-14(7-12)22-9-11(6-15(22)23)16(24)19-8-13-10-21-4-5-25-17(21)20-13/h1-5,7,10-11H,6,8-9H2,(H,19,24). The molecule has 1 fully saturated rings. The first-order valence-corrected chi connectivity index (χ1v) is 9.10. The van der Waals surface area contributed by atoms with E-state index in [0.29, 0.717) is 18.1 Å². The van der Waals surface area contributed by atoms with Crippen molar-refractivity contribution in [2.24, 2.45) is 5.92 Å². The number of thiazole rings is 1. The van der Waals surface area contributed by atoms with Gasteiger partial charge in [0.25, 0.3) is 0 Å². The summed E-state index contributed by atoms with van der Waals surface area (Å²) < 4.78 is 1.92. The Hall–Kier alpha value is -2.38. The van der Waals surface area contributed by atoms with Crippen LogP contribution in [-0.4, -0.2) is 27.7 Å². The number of nitrogens with zero attached hydrogens (tertiary/aromatic N) is 3. The van der Waals surface area contributed by atoms with Gasteiger partial charge in [-0.3, -0.25) is 14.0 Å². The minimum absolute atomic E-state index is 0.0649. The Bertz CT molecular complexity index is 922. The number of amides is 2. The van der Waals surface area contributed by atoms with E-state index in [1.165, 1.54) is 0 Å². The molecule has 1 atom stereocenters. The zero-order valence-corrected chi connectivity index (χ0v) is 14.8. The van der Waals surface area contributed by atoms with E-state index in [2.05, 4.69) is 10.3 Å². The molecule has 0 bridgehead atoms. The van der Waals surface area contributed by atoms with E-state index in [4.69, 9.17) is 11.6 Å². The third-order valence-corrected chi connectivity index (χ3v) is 5.21. The van der Waals surface area contributed by atoms with Gasteiger partial charge in [0.1, 0.15) is 0 Å². The number of hydrogen-bond donors (Lipinski definition) is 1. The van der Waals surface area contributed by atoms with Crippen LogP contribution >= 0.6 is 22.9 Å². The lowest BCUT2D eigenvalue weighted by atomic mass is 10.1. The average Bonchev–Trinajstić information content (AvgIpc) is 3.26. The number of halogens is 1. The molecule has 4 rings (SSSR count). The summed E-state index contributed by atoms with van der Waals surface area (Å²) in [5.41, 5.74) is 1.53. The molecule has 0 radical (unpaired) electrons. The van der Waals surface area contributed by atoms with Crippen molar-refractivity contribution >= 4 is 45.4 Å². The predicted molar refractivity (Wildman–Crippen MR) is 96.8 cm³/mol. The summed E-state index contributed by atoms with van der Waals surface area (Å²) in [5.74, 6) is -0.561. The van der Waals surface area contributed by atoms with Crippen molar-refractivity contribution < 1.29 is 9.59 Å². The van der Waals surface area contributed by atoms with Crippen LogP contribution in [0.3, 0.4) is 0 Å². The third-order valence-electron chi connectivity index (χ3n) is 4.20. The normalized spacial score (nSPS) is 17.4. The minimum atomic E-state index is -0.366. The second-order valence-electron chi connectivity index (χ2n) is 5.93. The third kappa shape index (κ3) is 3.25. The van der Waals surface area contributed by atoms with E-state index >= 15 is 0 Å². The minimum Gasteiger partial charge on any atom is -0.350 e. The van der Waals surface area contributed by atoms with Gasteiger partial charge in [0, 0.05) is 41.4 Å². The van der Waals surface area contributed by atoms with Gasteiger partial charge in [0.2, 0.25) is 11.8 Å². The van der Waals surface area contributed by atoms with E-state index in [1.807, 2.05) is 28.2 Å². The summed E-state index contributed by atoms with van der Waals surface area (Å²) >= 11 is 7.53. The maximum atomic E-state index is 12.4. The predicted octanol–water partition coefficient (Wildman–Crippen LogP) is 2.72. The van der Waals surface area contributed by atoms with E-state index in [0.717, 1.165) is 16.3 Å². The molecule has 0 aliphatic carbocycles. The van der Waals surface area contributed by atoms with Gasteiger partial charge in [-0.15, -0.1) is 11.3 Å². The summed E-state index contributed by atoms with van der Waals surface area (Å²) in [6, 6.07) is 7.10. The molecule has 2 aromatic heterocycles. The number of anilines is 1. The number of nitrogens with one attached hydrogen (secondary N) is 1. The summed E-state index contributed by atoms with van der Waals surface area (Å²) in [6.45, 7) is 0.721. The van der Waals surface area contributed by atoms with Gasteiger partial charge >= 0.3 is 0 Å². The van der Waals surface area contributed by atoms with Crippen molar-refractivity contribution in [3.63, 3.8) is 0 Å². The maximum absolute atomic E-state index is 12.4. The molecule has 0 saturated carbocycles. The Kier molecular flexibility index (Phi) is 4.19. The molecule has 1 unspecified atom stereocenters. The van der Waals surface area contributed by atoms with Crippen LogP contribution in [0.15, 0.2) is 42.0 Å². The SMILES string of the molecule is O=C(NCc1cn2ccsc2n1)C1CC(=O)N(c2cccc(Cl)c2)C1. The highest BCUT2D eigenvalue weighted by molar-refractivity contribution is 7.15. The first-order valence-electron chi connectivity index (χ1n) is 7.85. The molecule has 8 heteroatoms. The highest BCUT2D eigenvalue weighted by atomic mass is 35.5. The van der Waals surface area contributed by atoms with Crippen LogP contribution in [0.4, 0.5) is 5.69 Å². The average molecular weight is 375 g/mol. The molecule has 1 aromatic carbocycles. The van der Waals surface area contributed by atoms with Crippen molar-refractivity contribution in [2.75, 3.05) is 11.4 Å². The van der Waals surface area contributed by atoms with Crippen molar-refractivity contribution in [3.05, 3.63) is 52.8 Å². The lowest BCUT2D eigenvalue weighted by Crippen LogP contribution is -2.32. The molecular weight excluding hydrogens is 360 g/mol. The molecule has 1 N–H and O–H groups in total. The van der Waals surface area contributed by atoms with E-state index < -0.39 is 0 Å². The summed E-state index contributed by atoms with van der Waals surface area (Å²) in [6.07, 6.45) is 4.03. The smallest absolute Gasteiger partial charge is 0.227 e. The molecule has 6 nitrogen and oxygen atoms in total. The van der Waals surface area contributed by atoms with E-state index in [-0.39, 0.29) is 24.2 Å². The van der Waals surface area contributed by atoms with Crippen LogP contribution < -0.4 is 10.2 Å². The van der Waals surface area contributed by atoms with Crippen LogP contribution in [0.2, 0.25) is 5.02 Å². The van der Waals surface area contributed by atoms with Crippen molar-refractivity contribution in [3.8, 4) is 0 Å². The maximum Gasteiger partial charge on any atom is 0.227 e. The Labute approximate surface area is 153 Å². The van der Waals surface area contributed by atoms with Crippen LogP contribution in [-0.2, 0) is 16.1 Å². The van der Waals surface area contributed by atoms with E-state index in [1.54, 1.807) is 34.4 Å². The van der Waals surface area contributed by atoms with Gasteiger partial charge in [-0.25, -0.2) is 4.98 Å². The monoisotopic (exact) mass is 374 g/mol. The Morgan fingerprint density at radius 2 is 2.32 bits per heavy atom. The molecule has 3 aromatic rings. The molecule has 25 heavy (non-hydrogen) atoms. The number of rotatable bonds is 4. The number of benzene rings is 1. The molecular formula is C17H15ClN4O2S. The lowest BCUT2D eigenvalue weighted by Gasteiger charge is -2.16. The Balaban J connectivity index is 1.39. The van der Waals surface area contributed by atoms with Gasteiger partial charge in [-0.05, 0) is 18.2 Å². The second kappa shape index (κ2) is 6.50. The van der Waals surface area contributed by atoms with Crippen molar-refractivity contribution in [2.45, 2.75) is 13.0 Å². The fourth-order valence-electron chi connectivity index (χ4n) is 2.96. The Morgan fingerprint density at radius 3 is 3.12 bits per heavy atom. The number of carbonyl (C=O) groups is 2. The first kappa shape index (κ1) is 16.1. The van der Waals surface area contributed by atoms with Gasteiger partial charge in [-0.2, -0.15) is 0 Å². The molecule has 0 spiro atoms. The number of aromatic nitrogens is 2. The van der Waals surface area contributed by atoms with Gasteiger partial charge in [0.15, 0.2) is 4.96 Å². The fraction of sp³-hybridized carbons (Fsp3) is 0.235. The zero-order chi connectivity index (χ0) is 17.4. The van der Waals surface area contributed by atoms with E-state index in [9.17, 15) is 9.59 Å². The fourth-order valence-corrected chi connectivity index (χ4v) is 3.86. The zero-order valence-electron chi connectivity index (χ0n) is 13.2. The quantitative estimate of drug-likeness (QED) is 0.763. The first-order chi connectivity index (χ1) is 12.1. The topological polar surface area (TPSA) is 66.7 Å². The molecule has 128 valence electrons. The molecule has 1 aliphatic rings. The van der Waals surface area contributed by atoms with Gasteiger partial charge < -0.3 is 10.2 Å². The largest absolute Gasteiger partial charge is 0.350 e. The molecule has 1 saturated heterocycles. The molecule has 3 heterocycles. The van der Waals surface area contributed by atoms with Crippen molar-refractivity contribution in [1.82, 2.24) is 14.7 Å². The van der Waals surface area contributed by atoms with Crippen LogP contribution in [0, 0.1) is 5.92 Å². The summed E-state index contributed by atoms with van der Waals surface area (Å²) in [5, 5.41) is 5.41. The Morgan fingerprint density at radius 1 is 1.44 bits per heavy atom. The van der Waals surface area contributed by atoms with Crippen LogP contribution in [0.5, 0.6) is 0 Å². The van der Waals surface area contributed by atoms with Gasteiger partial charge in [0.05, 0.1) is 18.2 Å². The number of imidazole rings is 1. The summed E-state index contributed by atoms with van der Waals surface area (Å²) in [7, 11) is 0. The van der Waals surface area contributed by atoms with Crippen molar-refractivity contribution in [1.29, 1.82) is 0 Å². The van der Waals surface area contributed by atoms with Crippen LogP contribution in [0.25, 0.3) is 4.96 Å². The van der Waals surface area contributed by atoms with Gasteiger partial charge in [-0.1, -0.05) is 17.7 Å².